The lowest BCUT2D eigenvalue weighted by Gasteiger charge is -2.14. The number of carbonyl (C=O) groups excluding carboxylic acids is 3. The number of sulfonamides is 1. The summed E-state index contributed by atoms with van der Waals surface area (Å²) in [7, 11) is -0.841. The van der Waals surface area contributed by atoms with Gasteiger partial charge in [-0.05, 0) is 42.1 Å². The molecule has 0 spiro atoms. The average Bonchev–Trinajstić information content (AvgIpc) is 2.90. The Morgan fingerprint density at radius 2 is 1.70 bits per heavy atom. The number of imide groups is 1. The van der Waals surface area contributed by atoms with E-state index in [2.05, 4.69) is 10.0 Å². The molecule has 3 rings (SSSR count). The molecule has 0 bridgehead atoms. The zero-order chi connectivity index (χ0) is 19.8. The van der Waals surface area contributed by atoms with Crippen LogP contribution in [0.3, 0.4) is 0 Å². The number of hydrogen-bond donors (Lipinski definition) is 2. The van der Waals surface area contributed by atoms with Gasteiger partial charge in [0.15, 0.2) is 0 Å². The summed E-state index contributed by atoms with van der Waals surface area (Å²) in [6.45, 7) is 0. The maximum Gasteiger partial charge on any atom is 0.286 e. The number of nitrogens with zero attached hydrogens (tertiary/aromatic N) is 1. The molecule has 0 saturated carbocycles. The van der Waals surface area contributed by atoms with Crippen molar-refractivity contribution in [3.63, 3.8) is 0 Å². The second kappa shape index (κ2) is 7.05. The molecule has 0 saturated heterocycles. The van der Waals surface area contributed by atoms with Gasteiger partial charge in [-0.1, -0.05) is 12.1 Å². The van der Waals surface area contributed by atoms with Gasteiger partial charge in [-0.25, -0.2) is 8.42 Å². The lowest BCUT2D eigenvalue weighted by atomic mass is 10.1. The van der Waals surface area contributed by atoms with Crippen molar-refractivity contribution in [3.8, 4) is 0 Å². The molecule has 0 unspecified atom stereocenters. The Hall–Kier alpha value is -2.85. The van der Waals surface area contributed by atoms with E-state index < -0.39 is 21.8 Å². The smallest absolute Gasteiger partial charge is 0.286 e. The highest BCUT2D eigenvalue weighted by Gasteiger charge is 2.29. The monoisotopic (exact) mass is 405 g/mol. The van der Waals surface area contributed by atoms with E-state index in [1.54, 1.807) is 32.3 Å². The zero-order valence-electron chi connectivity index (χ0n) is 14.3. The van der Waals surface area contributed by atoms with E-state index in [0.29, 0.717) is 4.90 Å². The minimum Gasteiger partial charge on any atom is -0.339 e. The maximum atomic E-state index is 12.7. The molecule has 140 valence electrons. The molecule has 0 fully saturated rings. The number of rotatable bonds is 4. The van der Waals surface area contributed by atoms with Crippen molar-refractivity contribution < 1.29 is 22.8 Å². The van der Waals surface area contributed by atoms with Gasteiger partial charge in [-0.2, -0.15) is 0 Å². The summed E-state index contributed by atoms with van der Waals surface area (Å²) in [4.78, 5) is 36.9. The van der Waals surface area contributed by atoms with Crippen LogP contribution < -0.4 is 10.0 Å². The molecule has 8 nitrogen and oxygen atoms in total. The number of fused-ring (bicyclic) bond motifs is 1. The Bertz CT molecular complexity index is 1060. The molecule has 0 aromatic heterocycles. The Balaban J connectivity index is 1.93. The summed E-state index contributed by atoms with van der Waals surface area (Å²) >= 11 is 0.886. The first-order valence-corrected chi connectivity index (χ1v) is 10.00. The van der Waals surface area contributed by atoms with Crippen molar-refractivity contribution in [3.05, 3.63) is 53.6 Å². The average molecular weight is 405 g/mol. The molecule has 2 aromatic carbocycles. The first-order chi connectivity index (χ1) is 12.7. The summed E-state index contributed by atoms with van der Waals surface area (Å²) in [5.41, 5.74) is 0.374. The molecule has 0 atom stereocenters. The maximum absolute atomic E-state index is 12.7. The first-order valence-electron chi connectivity index (χ1n) is 7.70. The predicted molar refractivity (Wildman–Crippen MR) is 100 cm³/mol. The minimum absolute atomic E-state index is 0.00770. The third kappa shape index (κ3) is 3.81. The van der Waals surface area contributed by atoms with Crippen molar-refractivity contribution in [2.75, 3.05) is 18.8 Å². The van der Waals surface area contributed by atoms with Crippen molar-refractivity contribution in [1.82, 2.24) is 10.2 Å². The van der Waals surface area contributed by atoms with E-state index in [0.717, 1.165) is 17.8 Å². The molecule has 2 aromatic rings. The van der Waals surface area contributed by atoms with Gasteiger partial charge < -0.3 is 4.90 Å². The molecule has 2 N–H and O–H groups in total. The number of benzene rings is 2. The zero-order valence-corrected chi connectivity index (χ0v) is 16.0. The van der Waals surface area contributed by atoms with Crippen molar-refractivity contribution in [1.29, 1.82) is 0 Å². The molecule has 1 aliphatic heterocycles. The van der Waals surface area contributed by atoms with Gasteiger partial charge >= 0.3 is 0 Å². The molecule has 3 amide bonds. The lowest BCUT2D eigenvalue weighted by molar-refractivity contribution is 0.0879. The number of nitrogens with one attached hydrogen (secondary N) is 2. The van der Waals surface area contributed by atoms with Crippen molar-refractivity contribution >= 4 is 44.5 Å². The van der Waals surface area contributed by atoms with E-state index in [-0.39, 0.29) is 26.9 Å². The van der Waals surface area contributed by atoms with Crippen LogP contribution in [0.1, 0.15) is 20.7 Å². The highest BCUT2D eigenvalue weighted by atomic mass is 32.2. The van der Waals surface area contributed by atoms with Gasteiger partial charge in [-0.15, -0.1) is 0 Å². The van der Waals surface area contributed by atoms with Gasteiger partial charge in [0.2, 0.25) is 0 Å². The molecule has 27 heavy (non-hydrogen) atoms. The van der Waals surface area contributed by atoms with Crippen LogP contribution in [0.4, 0.5) is 10.5 Å². The Kier molecular flexibility index (Phi) is 4.94. The van der Waals surface area contributed by atoms with Crippen LogP contribution in [0.15, 0.2) is 52.3 Å². The summed E-state index contributed by atoms with van der Waals surface area (Å²) in [6.07, 6.45) is 0. The van der Waals surface area contributed by atoms with Crippen molar-refractivity contribution in [2.45, 2.75) is 9.79 Å². The Morgan fingerprint density at radius 1 is 1.04 bits per heavy atom. The van der Waals surface area contributed by atoms with Gasteiger partial charge in [0, 0.05) is 19.0 Å². The van der Waals surface area contributed by atoms with Gasteiger partial charge in [0.1, 0.15) is 0 Å². The first kappa shape index (κ1) is 18.9. The van der Waals surface area contributed by atoms with Gasteiger partial charge in [0.05, 0.1) is 21.7 Å². The molecule has 1 heterocycles. The molecule has 1 aliphatic rings. The standard InChI is InChI=1S/C17H15N3O5S2/c1-20(2)17(23)26-14-6-4-3-5-13(14)19-27(24,25)10-7-8-11-12(9-10)16(22)18-15(11)21/h3-9,19H,1-2H3,(H,18,21,22). The Labute approximate surface area is 160 Å². The van der Waals surface area contributed by atoms with Crippen LogP contribution in [-0.2, 0) is 10.0 Å². The summed E-state index contributed by atoms with van der Waals surface area (Å²) in [5, 5.41) is 1.86. The number of thioether (sulfide) groups is 1. The molecular formula is C17H15N3O5S2. The highest BCUT2D eigenvalue weighted by molar-refractivity contribution is 8.13. The van der Waals surface area contributed by atoms with E-state index >= 15 is 0 Å². The molecule has 10 heteroatoms. The van der Waals surface area contributed by atoms with Gasteiger partial charge in [0.25, 0.3) is 27.1 Å². The van der Waals surface area contributed by atoms with Crippen LogP contribution in [0.5, 0.6) is 0 Å². The van der Waals surface area contributed by atoms with Crippen LogP contribution in [-0.4, -0.2) is 44.5 Å². The lowest BCUT2D eigenvalue weighted by Crippen LogP contribution is -2.20. The molecular weight excluding hydrogens is 390 g/mol. The van der Waals surface area contributed by atoms with E-state index in [1.807, 2.05) is 0 Å². The fourth-order valence-electron chi connectivity index (χ4n) is 2.34. The van der Waals surface area contributed by atoms with E-state index in [9.17, 15) is 22.8 Å². The Morgan fingerprint density at radius 3 is 2.41 bits per heavy atom. The fraction of sp³-hybridized carbons (Fsp3) is 0.118. The third-order valence-electron chi connectivity index (χ3n) is 3.71. The number of hydrogen-bond acceptors (Lipinski definition) is 6. The third-order valence-corrected chi connectivity index (χ3v) is 6.19. The fourth-order valence-corrected chi connectivity index (χ4v) is 4.26. The molecule has 0 radical (unpaired) electrons. The number of anilines is 1. The van der Waals surface area contributed by atoms with Crippen LogP contribution >= 0.6 is 11.8 Å². The SMILES string of the molecule is CN(C)C(=O)Sc1ccccc1NS(=O)(=O)c1ccc2c(c1)C(=O)NC2=O. The van der Waals surface area contributed by atoms with Crippen LogP contribution in [0.2, 0.25) is 0 Å². The van der Waals surface area contributed by atoms with Crippen LogP contribution in [0, 0.1) is 0 Å². The number of carbonyl (C=O) groups is 3. The largest absolute Gasteiger partial charge is 0.339 e. The normalized spacial score (nSPS) is 13.1. The van der Waals surface area contributed by atoms with Crippen LogP contribution in [0.25, 0.3) is 0 Å². The molecule has 0 aliphatic carbocycles. The van der Waals surface area contributed by atoms with E-state index in [4.69, 9.17) is 0 Å². The predicted octanol–water partition coefficient (Wildman–Crippen LogP) is 2.14. The second-order valence-corrected chi connectivity index (χ2v) is 8.53. The second-order valence-electron chi connectivity index (χ2n) is 5.85. The van der Waals surface area contributed by atoms with Crippen molar-refractivity contribution in [2.24, 2.45) is 0 Å². The quantitative estimate of drug-likeness (QED) is 0.595. The summed E-state index contributed by atoms with van der Waals surface area (Å²) < 4.78 is 27.9. The highest BCUT2D eigenvalue weighted by Crippen LogP contribution is 2.30. The summed E-state index contributed by atoms with van der Waals surface area (Å²) in [5.74, 6) is -1.20. The van der Waals surface area contributed by atoms with E-state index in [1.165, 1.54) is 23.1 Å². The van der Waals surface area contributed by atoms with Gasteiger partial charge in [-0.3, -0.25) is 24.4 Å². The minimum atomic E-state index is -4.03. The number of para-hydroxylation sites is 1. The topological polar surface area (TPSA) is 113 Å². The number of amides is 3. The summed E-state index contributed by atoms with van der Waals surface area (Å²) in [6, 6.07) is 10.2.